The number of hydrogen-bond acceptors (Lipinski definition) is 5. The van der Waals surface area contributed by atoms with Crippen LogP contribution in [-0.2, 0) is 4.79 Å². The zero-order valence-electron chi connectivity index (χ0n) is 19.5. The molecule has 2 aromatic carbocycles. The maximum atomic E-state index is 13.0. The zero-order chi connectivity index (χ0) is 25.8. The molecule has 9 heteroatoms. The van der Waals surface area contributed by atoms with Crippen LogP contribution in [0, 0.1) is 0 Å². The highest BCUT2D eigenvalue weighted by atomic mass is 16.3. The molecule has 3 amide bonds. The number of hydrogen-bond donors (Lipinski definition) is 2. The maximum absolute atomic E-state index is 13.0. The Bertz CT molecular complexity index is 1580. The van der Waals surface area contributed by atoms with Crippen molar-refractivity contribution in [3.8, 4) is 11.6 Å². The van der Waals surface area contributed by atoms with E-state index in [2.05, 4.69) is 9.98 Å². The van der Waals surface area contributed by atoms with Gasteiger partial charge in [-0.15, -0.1) is 0 Å². The molecule has 2 N–H and O–H groups in total. The lowest BCUT2D eigenvalue weighted by Gasteiger charge is -2.24. The third-order valence-electron chi connectivity index (χ3n) is 5.45. The van der Waals surface area contributed by atoms with E-state index in [4.69, 9.17) is 0 Å². The number of H-pyrrole nitrogens is 1. The largest absolute Gasteiger partial charge is 0.494 e. The summed E-state index contributed by atoms with van der Waals surface area (Å²) in [4.78, 5) is 57.2. The van der Waals surface area contributed by atoms with Crippen LogP contribution in [0.5, 0.6) is 5.88 Å². The molecule has 0 bridgehead atoms. The number of aromatic nitrogens is 2. The lowest BCUT2D eigenvalue weighted by Crippen LogP contribution is -2.41. The molecule has 0 spiro atoms. The van der Waals surface area contributed by atoms with Crippen LogP contribution in [0.25, 0.3) is 11.8 Å². The molecule has 36 heavy (non-hydrogen) atoms. The van der Waals surface area contributed by atoms with Crippen molar-refractivity contribution in [3.05, 3.63) is 116 Å². The third-order valence-corrected chi connectivity index (χ3v) is 5.45. The van der Waals surface area contributed by atoms with Gasteiger partial charge in [0.05, 0.1) is 22.7 Å². The first-order chi connectivity index (χ1) is 17.3. The summed E-state index contributed by atoms with van der Waals surface area (Å²) in [5, 5.41) is 10.6. The molecule has 9 nitrogen and oxygen atoms in total. The van der Waals surface area contributed by atoms with E-state index in [1.54, 1.807) is 86.7 Å². The molecule has 3 aromatic rings. The van der Waals surface area contributed by atoms with Crippen LogP contribution in [0.2, 0.25) is 0 Å². The number of carbonyl (C=O) groups is 2. The summed E-state index contributed by atoms with van der Waals surface area (Å²) in [5.41, 5.74) is 0.354. The number of benzene rings is 2. The summed E-state index contributed by atoms with van der Waals surface area (Å²) < 4.78 is 0.998. The van der Waals surface area contributed by atoms with Gasteiger partial charge in [-0.25, -0.2) is 19.1 Å². The Labute approximate surface area is 205 Å². The Kier molecular flexibility index (Phi) is 6.73. The Balaban J connectivity index is 1.65. The standard InChI is InChI=1S/C27H22N4O5/c1-17(13-15-21-18(2)28-26(35)30(24(21)33)19-9-5-3-6-10-19)14-16-22-23(32)29-27(36)31(25(22)34)20-11-7-4-8-12-20/h3-16,34H,1-2H3,(H,29,32,36)/b16-14+,17-13+,21-15-. The summed E-state index contributed by atoms with van der Waals surface area (Å²) >= 11 is 0. The predicted molar refractivity (Wildman–Crippen MR) is 138 cm³/mol. The lowest BCUT2D eigenvalue weighted by atomic mass is 10.1. The Morgan fingerprint density at radius 2 is 1.56 bits per heavy atom. The number of para-hydroxylation sites is 2. The van der Waals surface area contributed by atoms with E-state index < -0.39 is 29.1 Å². The normalized spacial score (nSPS) is 15.6. The van der Waals surface area contributed by atoms with Gasteiger partial charge in [0.1, 0.15) is 5.56 Å². The molecule has 1 aromatic heterocycles. The molecule has 0 saturated carbocycles. The second kappa shape index (κ2) is 10.1. The van der Waals surface area contributed by atoms with Crippen molar-refractivity contribution in [3.63, 3.8) is 0 Å². The number of aliphatic imine (C=N–C) groups is 1. The van der Waals surface area contributed by atoms with Gasteiger partial charge in [0.15, 0.2) is 0 Å². The van der Waals surface area contributed by atoms with E-state index in [0.29, 0.717) is 16.9 Å². The predicted octanol–water partition coefficient (Wildman–Crippen LogP) is 3.75. The van der Waals surface area contributed by atoms with Crippen molar-refractivity contribution in [1.29, 1.82) is 0 Å². The molecule has 0 aliphatic carbocycles. The summed E-state index contributed by atoms with van der Waals surface area (Å²) in [6.07, 6.45) is 6.10. The van der Waals surface area contributed by atoms with E-state index >= 15 is 0 Å². The molecule has 0 atom stereocenters. The molecule has 0 unspecified atom stereocenters. The van der Waals surface area contributed by atoms with Crippen molar-refractivity contribution in [2.45, 2.75) is 13.8 Å². The van der Waals surface area contributed by atoms with Crippen molar-refractivity contribution in [2.75, 3.05) is 4.90 Å². The molecule has 4 rings (SSSR count). The van der Waals surface area contributed by atoms with Gasteiger partial charge < -0.3 is 5.11 Å². The fourth-order valence-electron chi connectivity index (χ4n) is 3.60. The molecule has 0 fully saturated rings. The van der Waals surface area contributed by atoms with Gasteiger partial charge in [0, 0.05) is 0 Å². The van der Waals surface area contributed by atoms with Crippen molar-refractivity contribution in [2.24, 2.45) is 4.99 Å². The van der Waals surface area contributed by atoms with Gasteiger partial charge in [-0.1, -0.05) is 54.1 Å². The second-order valence-electron chi connectivity index (χ2n) is 7.95. The Morgan fingerprint density at radius 1 is 0.944 bits per heavy atom. The lowest BCUT2D eigenvalue weighted by molar-refractivity contribution is -0.114. The van der Waals surface area contributed by atoms with Crippen LogP contribution in [-0.4, -0.2) is 32.3 Å². The number of carbonyl (C=O) groups excluding carboxylic acids is 2. The first-order valence-corrected chi connectivity index (χ1v) is 11.0. The monoisotopic (exact) mass is 482 g/mol. The minimum absolute atomic E-state index is 0.105. The quantitative estimate of drug-likeness (QED) is 0.423. The fourth-order valence-corrected chi connectivity index (χ4v) is 3.60. The number of nitrogens with one attached hydrogen (secondary N) is 1. The van der Waals surface area contributed by atoms with Gasteiger partial charge in [0.25, 0.3) is 11.5 Å². The van der Waals surface area contributed by atoms with Crippen LogP contribution >= 0.6 is 0 Å². The van der Waals surface area contributed by atoms with Crippen molar-refractivity contribution in [1.82, 2.24) is 9.55 Å². The SMILES string of the molecule is CC1=NC(=O)N(c2ccccc2)C(=O)\C1=C/C=C(C)/C=C/c1c(O)n(-c2ccccc2)c(=O)[nH]c1=O. The van der Waals surface area contributed by atoms with Gasteiger partial charge in [0.2, 0.25) is 5.88 Å². The fraction of sp³-hybridized carbons (Fsp3) is 0.0741. The number of aromatic hydroxyl groups is 1. The average molecular weight is 482 g/mol. The molecular weight excluding hydrogens is 460 g/mol. The summed E-state index contributed by atoms with van der Waals surface area (Å²) in [6, 6.07) is 16.3. The Morgan fingerprint density at radius 3 is 2.19 bits per heavy atom. The number of nitrogens with zero attached hydrogens (tertiary/aromatic N) is 3. The van der Waals surface area contributed by atoms with Gasteiger partial charge >= 0.3 is 11.7 Å². The van der Waals surface area contributed by atoms with Crippen LogP contribution in [0.3, 0.4) is 0 Å². The molecular formula is C27H22N4O5. The number of imide groups is 1. The van der Waals surface area contributed by atoms with E-state index in [1.807, 2.05) is 0 Å². The zero-order valence-corrected chi connectivity index (χ0v) is 19.5. The maximum Gasteiger partial charge on any atom is 0.355 e. The number of anilines is 1. The number of aromatic amines is 1. The highest BCUT2D eigenvalue weighted by Crippen LogP contribution is 2.22. The average Bonchev–Trinajstić information content (AvgIpc) is 2.84. The smallest absolute Gasteiger partial charge is 0.355 e. The summed E-state index contributed by atoms with van der Waals surface area (Å²) in [6.45, 7) is 3.30. The van der Waals surface area contributed by atoms with Crippen LogP contribution in [0.4, 0.5) is 10.5 Å². The van der Waals surface area contributed by atoms with E-state index in [9.17, 15) is 24.3 Å². The topological polar surface area (TPSA) is 125 Å². The minimum atomic E-state index is -0.763. The van der Waals surface area contributed by atoms with E-state index in [1.165, 1.54) is 12.2 Å². The molecule has 1 aliphatic heterocycles. The first-order valence-electron chi connectivity index (χ1n) is 11.0. The molecule has 0 saturated heterocycles. The molecule has 2 heterocycles. The van der Waals surface area contributed by atoms with Crippen molar-refractivity contribution >= 4 is 29.4 Å². The Hall–Kier alpha value is -5.05. The van der Waals surface area contributed by atoms with Crippen LogP contribution < -0.4 is 16.1 Å². The summed E-state index contributed by atoms with van der Waals surface area (Å²) in [5.74, 6) is -1.00. The first kappa shape index (κ1) is 24.1. The van der Waals surface area contributed by atoms with Gasteiger partial charge in [-0.05, 0) is 50.3 Å². The summed E-state index contributed by atoms with van der Waals surface area (Å²) in [7, 11) is 0. The molecule has 1 aliphatic rings. The minimum Gasteiger partial charge on any atom is -0.494 e. The van der Waals surface area contributed by atoms with Crippen LogP contribution in [0.15, 0.2) is 105 Å². The number of allylic oxidation sites excluding steroid dienone is 4. The van der Waals surface area contributed by atoms with Gasteiger partial charge in [-0.2, -0.15) is 4.99 Å². The van der Waals surface area contributed by atoms with Gasteiger partial charge in [-0.3, -0.25) is 14.6 Å². The highest BCUT2D eigenvalue weighted by Gasteiger charge is 2.31. The van der Waals surface area contributed by atoms with Crippen LogP contribution in [0.1, 0.15) is 19.4 Å². The number of urea groups is 1. The van der Waals surface area contributed by atoms with E-state index in [-0.39, 0.29) is 16.8 Å². The number of amides is 3. The third kappa shape index (κ3) is 4.76. The van der Waals surface area contributed by atoms with Crippen molar-refractivity contribution < 1.29 is 14.7 Å². The number of rotatable bonds is 5. The highest BCUT2D eigenvalue weighted by molar-refractivity contribution is 6.37. The molecule has 0 radical (unpaired) electrons. The second-order valence-corrected chi connectivity index (χ2v) is 7.95. The molecule has 180 valence electrons. The van der Waals surface area contributed by atoms with E-state index in [0.717, 1.165) is 9.47 Å².